The average Bonchev–Trinajstić information content (AvgIpc) is 2.48. The maximum atomic E-state index is 12.3. The van der Waals surface area contributed by atoms with Gasteiger partial charge in [-0.1, -0.05) is 6.07 Å². The van der Waals surface area contributed by atoms with E-state index in [9.17, 15) is 14.5 Å². The summed E-state index contributed by atoms with van der Waals surface area (Å²) in [6.45, 7) is 3.76. The second-order valence-corrected chi connectivity index (χ2v) is 5.97. The Bertz CT molecular complexity index is 717. The first-order chi connectivity index (χ1) is 10.5. The van der Waals surface area contributed by atoms with E-state index in [0.717, 1.165) is 0 Å². The van der Waals surface area contributed by atoms with Crippen molar-refractivity contribution < 1.29 is 28.0 Å². The molecule has 0 saturated heterocycles. The van der Waals surface area contributed by atoms with Crippen LogP contribution in [0, 0.1) is 0 Å². The Morgan fingerprint density at radius 3 is 2.41 bits per heavy atom. The fraction of sp³-hybridized carbons (Fsp3) is 0.267. The summed E-state index contributed by atoms with van der Waals surface area (Å²) in [5, 5.41) is 11.1. The molecule has 0 spiro atoms. The summed E-state index contributed by atoms with van der Waals surface area (Å²) >= 11 is 0. The molecule has 0 aliphatic heterocycles. The summed E-state index contributed by atoms with van der Waals surface area (Å²) in [6.07, 6.45) is 0.581. The molecule has 1 N–H and O–H groups in total. The summed E-state index contributed by atoms with van der Waals surface area (Å²) < 4.78 is 27.8. The van der Waals surface area contributed by atoms with Gasteiger partial charge in [-0.05, 0) is 43.5 Å². The van der Waals surface area contributed by atoms with Gasteiger partial charge >= 0.3 is 7.82 Å². The van der Waals surface area contributed by atoms with Gasteiger partial charge in [-0.15, -0.1) is 0 Å². The van der Waals surface area contributed by atoms with Crippen molar-refractivity contribution >= 4 is 24.9 Å². The van der Waals surface area contributed by atoms with E-state index < -0.39 is 7.82 Å². The molecule has 2 aromatic rings. The number of phosphoric ester groups is 1. The molecule has 0 unspecified atom stereocenters. The third-order valence-corrected chi connectivity index (χ3v) is 4.50. The largest absolute Gasteiger partial charge is 0.530 e. The van der Waals surface area contributed by atoms with Crippen LogP contribution in [-0.4, -0.2) is 24.6 Å². The van der Waals surface area contributed by atoms with Crippen LogP contribution in [0.2, 0.25) is 0 Å². The van der Waals surface area contributed by atoms with Gasteiger partial charge in [-0.3, -0.25) is 13.8 Å². The van der Waals surface area contributed by atoms with Crippen LogP contribution in [-0.2, 0) is 13.6 Å². The minimum atomic E-state index is -3.67. The molecule has 0 aliphatic rings. The molecule has 0 amide bonds. The van der Waals surface area contributed by atoms with Gasteiger partial charge < -0.3 is 9.63 Å². The molecule has 0 heterocycles. The summed E-state index contributed by atoms with van der Waals surface area (Å²) in [7, 11) is -3.67. The standard InChI is InChI=1S/C15H17O6P/c1-3-19-22(18,20-4-2)21-13-7-8-14-11(9-13)5-6-12(10-16)15(14)17/h5-10,17H,3-4H2,1-2H3. The van der Waals surface area contributed by atoms with Crippen LogP contribution in [0.4, 0.5) is 0 Å². The lowest BCUT2D eigenvalue weighted by Gasteiger charge is -2.17. The van der Waals surface area contributed by atoms with Crippen LogP contribution < -0.4 is 4.52 Å². The lowest BCUT2D eigenvalue weighted by Crippen LogP contribution is -2.02. The SMILES string of the molecule is CCOP(=O)(OCC)Oc1ccc2c(O)c(C=O)ccc2c1. The second-order valence-electron chi connectivity index (χ2n) is 4.38. The summed E-state index contributed by atoms with van der Waals surface area (Å²) in [5.41, 5.74) is 0.204. The first-order valence-corrected chi connectivity index (χ1v) is 8.28. The average molecular weight is 324 g/mol. The van der Waals surface area contributed by atoms with E-state index in [2.05, 4.69) is 0 Å². The van der Waals surface area contributed by atoms with Crippen molar-refractivity contribution in [2.45, 2.75) is 13.8 Å². The molecular weight excluding hydrogens is 307 g/mol. The number of hydrogen-bond acceptors (Lipinski definition) is 6. The Balaban J connectivity index is 2.37. The molecule has 2 aromatic carbocycles. The number of phosphoric acid groups is 1. The number of aromatic hydroxyl groups is 1. The number of aldehydes is 1. The van der Waals surface area contributed by atoms with Gasteiger partial charge in [0.15, 0.2) is 6.29 Å². The van der Waals surface area contributed by atoms with Gasteiger partial charge in [0.1, 0.15) is 11.5 Å². The second kappa shape index (κ2) is 6.92. The molecule has 0 aromatic heterocycles. The Hall–Kier alpha value is -1.88. The van der Waals surface area contributed by atoms with E-state index in [4.69, 9.17) is 13.6 Å². The maximum Gasteiger partial charge on any atom is 0.530 e. The molecule has 0 fully saturated rings. The Morgan fingerprint density at radius 2 is 1.82 bits per heavy atom. The first-order valence-electron chi connectivity index (χ1n) is 6.82. The molecule has 2 rings (SSSR count). The van der Waals surface area contributed by atoms with Crippen molar-refractivity contribution in [2.75, 3.05) is 13.2 Å². The van der Waals surface area contributed by atoms with Crippen molar-refractivity contribution in [3.8, 4) is 11.5 Å². The lowest BCUT2D eigenvalue weighted by atomic mass is 10.1. The molecule has 118 valence electrons. The molecule has 22 heavy (non-hydrogen) atoms. The zero-order valence-electron chi connectivity index (χ0n) is 12.3. The van der Waals surface area contributed by atoms with Crippen molar-refractivity contribution in [2.24, 2.45) is 0 Å². The van der Waals surface area contributed by atoms with E-state index in [1.807, 2.05) is 0 Å². The molecule has 0 radical (unpaired) electrons. The topological polar surface area (TPSA) is 82.1 Å². The van der Waals surface area contributed by atoms with E-state index in [-0.39, 0.29) is 30.3 Å². The van der Waals surface area contributed by atoms with E-state index in [1.54, 1.807) is 32.0 Å². The van der Waals surface area contributed by atoms with Crippen LogP contribution in [0.25, 0.3) is 10.8 Å². The summed E-state index contributed by atoms with van der Waals surface area (Å²) in [5.74, 6) is 0.188. The third kappa shape index (κ3) is 3.47. The molecule has 0 bridgehead atoms. The Labute approximate surface area is 128 Å². The zero-order valence-corrected chi connectivity index (χ0v) is 13.2. The predicted molar refractivity (Wildman–Crippen MR) is 82.5 cm³/mol. The van der Waals surface area contributed by atoms with Crippen molar-refractivity contribution in [1.82, 2.24) is 0 Å². The van der Waals surface area contributed by atoms with Gasteiger partial charge in [0, 0.05) is 5.39 Å². The molecular formula is C15H17O6P. The monoisotopic (exact) mass is 324 g/mol. The summed E-state index contributed by atoms with van der Waals surface area (Å²) in [4.78, 5) is 10.8. The first kappa shape index (κ1) is 16.5. The highest BCUT2D eigenvalue weighted by Gasteiger charge is 2.27. The van der Waals surface area contributed by atoms with Crippen LogP contribution >= 0.6 is 7.82 Å². The zero-order chi connectivity index (χ0) is 16.2. The minimum absolute atomic E-state index is 0.100. The highest BCUT2D eigenvalue weighted by atomic mass is 31.2. The van der Waals surface area contributed by atoms with Crippen molar-refractivity contribution in [3.63, 3.8) is 0 Å². The van der Waals surface area contributed by atoms with Crippen LogP contribution in [0.1, 0.15) is 24.2 Å². The van der Waals surface area contributed by atoms with Crippen LogP contribution in [0.5, 0.6) is 11.5 Å². The van der Waals surface area contributed by atoms with Gasteiger partial charge in [-0.2, -0.15) is 0 Å². The number of benzene rings is 2. The van der Waals surface area contributed by atoms with Gasteiger partial charge in [-0.25, -0.2) is 4.57 Å². The van der Waals surface area contributed by atoms with Crippen molar-refractivity contribution in [1.29, 1.82) is 0 Å². The molecule has 7 heteroatoms. The Kier molecular flexibility index (Phi) is 5.19. The van der Waals surface area contributed by atoms with Gasteiger partial charge in [0.05, 0.1) is 18.8 Å². The maximum absolute atomic E-state index is 12.3. The normalized spacial score (nSPS) is 11.5. The van der Waals surface area contributed by atoms with Crippen LogP contribution in [0.15, 0.2) is 30.3 Å². The molecule has 0 aliphatic carbocycles. The fourth-order valence-corrected chi connectivity index (χ4v) is 3.18. The molecule has 6 nitrogen and oxygen atoms in total. The van der Waals surface area contributed by atoms with E-state index in [1.165, 1.54) is 12.1 Å². The predicted octanol–water partition coefficient (Wildman–Crippen LogP) is 3.92. The number of fused-ring (bicyclic) bond motifs is 1. The number of phenolic OH excluding ortho intramolecular Hbond substituents is 1. The highest BCUT2D eigenvalue weighted by molar-refractivity contribution is 7.48. The number of rotatable bonds is 7. The number of hydrogen-bond donors (Lipinski definition) is 1. The number of carbonyl (C=O) groups excluding carboxylic acids is 1. The minimum Gasteiger partial charge on any atom is -0.507 e. The van der Waals surface area contributed by atoms with E-state index in [0.29, 0.717) is 17.1 Å². The molecule has 0 atom stereocenters. The Morgan fingerprint density at radius 1 is 1.14 bits per heavy atom. The quantitative estimate of drug-likeness (QED) is 0.614. The third-order valence-electron chi connectivity index (χ3n) is 2.91. The fourth-order valence-electron chi connectivity index (χ4n) is 2.00. The van der Waals surface area contributed by atoms with E-state index >= 15 is 0 Å². The van der Waals surface area contributed by atoms with Crippen molar-refractivity contribution in [3.05, 3.63) is 35.9 Å². The summed E-state index contributed by atoms with van der Waals surface area (Å²) in [6, 6.07) is 7.86. The molecule has 0 saturated carbocycles. The number of carbonyl (C=O) groups is 1. The van der Waals surface area contributed by atoms with Gasteiger partial charge in [0.2, 0.25) is 0 Å². The van der Waals surface area contributed by atoms with Gasteiger partial charge in [0.25, 0.3) is 0 Å². The lowest BCUT2D eigenvalue weighted by molar-refractivity contribution is 0.112. The smallest absolute Gasteiger partial charge is 0.507 e. The number of phenols is 1. The van der Waals surface area contributed by atoms with Crippen LogP contribution in [0.3, 0.4) is 0 Å². The highest BCUT2D eigenvalue weighted by Crippen LogP contribution is 2.49.